The number of hydrogen-bond donors (Lipinski definition) is 2. The molecule has 0 aliphatic heterocycles. The third kappa shape index (κ3) is 3.42. The number of hydrogen-bond acceptors (Lipinski definition) is 2. The van der Waals surface area contributed by atoms with Crippen molar-refractivity contribution in [3.05, 3.63) is 71.3 Å². The van der Waals surface area contributed by atoms with Gasteiger partial charge in [0.2, 0.25) is 0 Å². The van der Waals surface area contributed by atoms with Crippen molar-refractivity contribution < 1.29 is 14.7 Å². The van der Waals surface area contributed by atoms with Crippen LogP contribution in [-0.2, 0) is 6.54 Å². The van der Waals surface area contributed by atoms with Crippen LogP contribution in [0.15, 0.2) is 54.6 Å². The number of nitrogens with one attached hydrogen (secondary N) is 1. The molecule has 96 valence electrons. The van der Waals surface area contributed by atoms with Crippen molar-refractivity contribution in [1.82, 2.24) is 5.32 Å². The van der Waals surface area contributed by atoms with E-state index < -0.39 is 5.97 Å². The highest BCUT2D eigenvalue weighted by Crippen LogP contribution is 2.05. The lowest BCUT2D eigenvalue weighted by Crippen LogP contribution is -2.22. The third-order valence-corrected chi connectivity index (χ3v) is 2.69. The summed E-state index contributed by atoms with van der Waals surface area (Å²) in [6.07, 6.45) is 0. The molecular weight excluding hydrogens is 242 g/mol. The lowest BCUT2D eigenvalue weighted by Gasteiger charge is -2.05. The molecule has 2 aromatic carbocycles. The Morgan fingerprint density at radius 1 is 0.895 bits per heavy atom. The zero-order valence-electron chi connectivity index (χ0n) is 10.2. The van der Waals surface area contributed by atoms with Gasteiger partial charge in [0, 0.05) is 12.1 Å². The summed E-state index contributed by atoms with van der Waals surface area (Å²) in [5.41, 5.74) is 1.62. The maximum absolute atomic E-state index is 11.8. The van der Waals surface area contributed by atoms with Crippen molar-refractivity contribution in [2.75, 3.05) is 0 Å². The van der Waals surface area contributed by atoms with Gasteiger partial charge < -0.3 is 10.4 Å². The van der Waals surface area contributed by atoms with E-state index in [4.69, 9.17) is 5.11 Å². The first-order valence-electron chi connectivity index (χ1n) is 5.82. The summed E-state index contributed by atoms with van der Waals surface area (Å²) >= 11 is 0. The molecule has 2 rings (SSSR count). The summed E-state index contributed by atoms with van der Waals surface area (Å²) in [5, 5.41) is 11.5. The van der Waals surface area contributed by atoms with E-state index in [-0.39, 0.29) is 11.5 Å². The Hall–Kier alpha value is -2.62. The molecule has 4 nitrogen and oxygen atoms in total. The molecular formula is C15H13NO3. The van der Waals surface area contributed by atoms with E-state index in [1.807, 2.05) is 30.3 Å². The molecule has 0 aliphatic rings. The monoisotopic (exact) mass is 255 g/mol. The molecule has 4 heteroatoms. The summed E-state index contributed by atoms with van der Waals surface area (Å²) in [4.78, 5) is 22.5. The van der Waals surface area contributed by atoms with Gasteiger partial charge in [-0.15, -0.1) is 0 Å². The highest BCUT2D eigenvalue weighted by Gasteiger charge is 2.07. The topological polar surface area (TPSA) is 66.4 Å². The lowest BCUT2D eigenvalue weighted by atomic mass is 10.1. The van der Waals surface area contributed by atoms with Crippen LogP contribution in [0.2, 0.25) is 0 Å². The fourth-order valence-electron chi connectivity index (χ4n) is 1.64. The van der Waals surface area contributed by atoms with Gasteiger partial charge in [0.05, 0.1) is 5.56 Å². The number of carboxylic acids is 1. The molecule has 1 amide bonds. The van der Waals surface area contributed by atoms with E-state index in [0.717, 1.165) is 5.56 Å². The van der Waals surface area contributed by atoms with Crippen LogP contribution in [-0.4, -0.2) is 17.0 Å². The summed E-state index contributed by atoms with van der Waals surface area (Å²) in [7, 11) is 0. The molecule has 0 radical (unpaired) electrons. The molecule has 2 N–H and O–H groups in total. The minimum Gasteiger partial charge on any atom is -0.478 e. The molecule has 0 bridgehead atoms. The van der Waals surface area contributed by atoms with Gasteiger partial charge in [-0.05, 0) is 29.8 Å². The van der Waals surface area contributed by atoms with Gasteiger partial charge in [-0.2, -0.15) is 0 Å². The first kappa shape index (κ1) is 12.8. The second kappa shape index (κ2) is 5.82. The summed E-state index contributed by atoms with van der Waals surface area (Å²) in [5.74, 6) is -1.22. The Balaban J connectivity index is 1.98. The van der Waals surface area contributed by atoms with Gasteiger partial charge >= 0.3 is 5.97 Å². The molecule has 0 aromatic heterocycles. The SMILES string of the molecule is O=C(O)c1ccc(C(=O)NCc2ccccc2)cc1. The van der Waals surface area contributed by atoms with Crippen LogP contribution in [0.25, 0.3) is 0 Å². The Kier molecular flexibility index (Phi) is 3.93. The molecule has 0 atom stereocenters. The van der Waals surface area contributed by atoms with Crippen molar-refractivity contribution in [1.29, 1.82) is 0 Å². The van der Waals surface area contributed by atoms with E-state index in [1.165, 1.54) is 24.3 Å². The molecule has 0 aliphatic carbocycles. The van der Waals surface area contributed by atoms with Crippen LogP contribution in [0, 0.1) is 0 Å². The largest absolute Gasteiger partial charge is 0.478 e. The van der Waals surface area contributed by atoms with Crippen LogP contribution in [0.5, 0.6) is 0 Å². The van der Waals surface area contributed by atoms with Crippen LogP contribution in [0.4, 0.5) is 0 Å². The van der Waals surface area contributed by atoms with Gasteiger partial charge in [-0.25, -0.2) is 4.79 Å². The van der Waals surface area contributed by atoms with Crippen molar-refractivity contribution in [3.63, 3.8) is 0 Å². The van der Waals surface area contributed by atoms with Crippen LogP contribution in [0.1, 0.15) is 26.3 Å². The van der Waals surface area contributed by atoms with Gasteiger partial charge in [-0.1, -0.05) is 30.3 Å². The van der Waals surface area contributed by atoms with Crippen molar-refractivity contribution in [2.45, 2.75) is 6.54 Å². The first-order valence-corrected chi connectivity index (χ1v) is 5.82. The fourth-order valence-corrected chi connectivity index (χ4v) is 1.64. The summed E-state index contributed by atoms with van der Waals surface area (Å²) < 4.78 is 0. The summed E-state index contributed by atoms with van der Waals surface area (Å²) in [6, 6.07) is 15.4. The lowest BCUT2D eigenvalue weighted by molar-refractivity contribution is 0.0696. The van der Waals surface area contributed by atoms with Crippen molar-refractivity contribution >= 4 is 11.9 Å². The molecule has 0 spiro atoms. The average Bonchev–Trinajstić information content (AvgIpc) is 2.46. The second-order valence-electron chi connectivity index (χ2n) is 4.05. The minimum atomic E-state index is -1.00. The molecule has 0 saturated carbocycles. The number of benzene rings is 2. The number of amides is 1. The minimum absolute atomic E-state index is 0.166. The smallest absolute Gasteiger partial charge is 0.335 e. The quantitative estimate of drug-likeness (QED) is 0.881. The van der Waals surface area contributed by atoms with Crippen LogP contribution < -0.4 is 5.32 Å². The third-order valence-electron chi connectivity index (χ3n) is 2.69. The van der Waals surface area contributed by atoms with Crippen LogP contribution in [0.3, 0.4) is 0 Å². The van der Waals surface area contributed by atoms with Crippen molar-refractivity contribution in [3.8, 4) is 0 Å². The highest BCUT2D eigenvalue weighted by molar-refractivity contribution is 5.95. The second-order valence-corrected chi connectivity index (χ2v) is 4.05. The van der Waals surface area contributed by atoms with Gasteiger partial charge in [0.1, 0.15) is 0 Å². The van der Waals surface area contributed by atoms with E-state index in [9.17, 15) is 9.59 Å². The molecule has 19 heavy (non-hydrogen) atoms. The Labute approximate surface area is 110 Å². The predicted molar refractivity (Wildman–Crippen MR) is 71.0 cm³/mol. The normalized spacial score (nSPS) is 9.89. The Morgan fingerprint density at radius 2 is 1.47 bits per heavy atom. The maximum atomic E-state index is 11.8. The molecule has 0 fully saturated rings. The first-order chi connectivity index (χ1) is 9.16. The zero-order valence-corrected chi connectivity index (χ0v) is 10.2. The Bertz CT molecular complexity index is 576. The maximum Gasteiger partial charge on any atom is 0.335 e. The molecule has 0 heterocycles. The van der Waals surface area contributed by atoms with E-state index in [0.29, 0.717) is 12.1 Å². The Morgan fingerprint density at radius 3 is 2.05 bits per heavy atom. The van der Waals surface area contributed by atoms with E-state index >= 15 is 0 Å². The van der Waals surface area contributed by atoms with Crippen LogP contribution >= 0.6 is 0 Å². The number of carbonyl (C=O) groups excluding carboxylic acids is 1. The molecule has 2 aromatic rings. The summed E-state index contributed by atoms with van der Waals surface area (Å²) in [6.45, 7) is 0.445. The van der Waals surface area contributed by atoms with Gasteiger partial charge in [0.25, 0.3) is 5.91 Å². The van der Waals surface area contributed by atoms with Gasteiger partial charge in [-0.3, -0.25) is 4.79 Å². The zero-order chi connectivity index (χ0) is 13.7. The standard InChI is InChI=1S/C15H13NO3/c17-14(16-10-11-4-2-1-3-5-11)12-6-8-13(9-7-12)15(18)19/h1-9H,10H2,(H,16,17)(H,18,19). The highest BCUT2D eigenvalue weighted by atomic mass is 16.4. The average molecular weight is 255 g/mol. The number of aromatic carboxylic acids is 1. The fraction of sp³-hybridized carbons (Fsp3) is 0.0667. The number of carboxylic acid groups (broad SMARTS) is 1. The van der Waals surface area contributed by atoms with Gasteiger partial charge in [0.15, 0.2) is 0 Å². The molecule has 0 unspecified atom stereocenters. The molecule has 0 saturated heterocycles. The van der Waals surface area contributed by atoms with E-state index in [1.54, 1.807) is 0 Å². The van der Waals surface area contributed by atoms with E-state index in [2.05, 4.69) is 5.32 Å². The number of carbonyl (C=O) groups is 2. The van der Waals surface area contributed by atoms with Crippen molar-refractivity contribution in [2.24, 2.45) is 0 Å². The number of rotatable bonds is 4. The predicted octanol–water partition coefficient (Wildman–Crippen LogP) is 2.31.